The lowest BCUT2D eigenvalue weighted by Gasteiger charge is -2.36. The third-order valence-electron chi connectivity index (χ3n) is 7.30. The lowest BCUT2D eigenvalue weighted by molar-refractivity contribution is 0.0741. The second kappa shape index (κ2) is 20.4. The number of methoxy groups -OCH3 is 2. The van der Waals surface area contributed by atoms with Gasteiger partial charge in [-0.05, 0) is 54.6 Å². The van der Waals surface area contributed by atoms with Gasteiger partial charge in [-0.3, -0.25) is 9.69 Å². The smallest absolute Gasteiger partial charge is 0.272 e. The predicted octanol–water partition coefficient (Wildman–Crippen LogP) is 3.87. The first-order valence-electron chi connectivity index (χ1n) is 13.5. The number of hydrogen-bond acceptors (Lipinski definition) is 8. The van der Waals surface area contributed by atoms with Crippen LogP contribution in [-0.4, -0.2) is 106 Å². The van der Waals surface area contributed by atoms with E-state index in [0.29, 0.717) is 36.9 Å². The van der Waals surface area contributed by atoms with E-state index in [1.165, 1.54) is 0 Å². The molecule has 3 aromatic rings. The highest BCUT2D eigenvalue weighted by atomic mass is 35.5. The number of aromatic nitrogens is 1. The van der Waals surface area contributed by atoms with Gasteiger partial charge < -0.3 is 34.8 Å². The van der Waals surface area contributed by atoms with E-state index < -0.39 is 0 Å². The van der Waals surface area contributed by atoms with E-state index >= 15 is 0 Å². The van der Waals surface area contributed by atoms with Crippen molar-refractivity contribution in [3.63, 3.8) is 0 Å². The van der Waals surface area contributed by atoms with Crippen molar-refractivity contribution in [2.75, 3.05) is 84.6 Å². The molecule has 1 amide bonds. The van der Waals surface area contributed by atoms with Crippen LogP contribution in [-0.2, 0) is 0 Å². The second-order valence-electron chi connectivity index (χ2n) is 9.69. The summed E-state index contributed by atoms with van der Waals surface area (Å²) in [7, 11) is 3.21. The Labute approximate surface area is 284 Å². The molecule has 0 saturated carbocycles. The number of benzene rings is 2. The SMILES string of the molecule is COc1ccc(-c2cccc(C(=O)N3CCN(c4ccc(OCCN5CCNCC5)cc4)CC3)n2)cc1OC.Cl.Cl.Cl.Cl.O. The predicted molar refractivity (Wildman–Crippen MR) is 185 cm³/mol. The maximum Gasteiger partial charge on any atom is 0.272 e. The van der Waals surface area contributed by atoms with Crippen molar-refractivity contribution in [2.24, 2.45) is 0 Å². The minimum Gasteiger partial charge on any atom is -0.493 e. The summed E-state index contributed by atoms with van der Waals surface area (Å²) in [5, 5.41) is 3.37. The monoisotopic (exact) mass is 693 g/mol. The Balaban J connectivity index is 0.00000370. The third kappa shape index (κ3) is 10.4. The molecule has 0 aliphatic carbocycles. The molecule has 3 heterocycles. The van der Waals surface area contributed by atoms with Crippen molar-refractivity contribution >= 4 is 61.2 Å². The lowest BCUT2D eigenvalue weighted by atomic mass is 10.1. The number of piperazine rings is 2. The summed E-state index contributed by atoms with van der Waals surface area (Å²) in [4.78, 5) is 24.6. The zero-order valence-corrected chi connectivity index (χ0v) is 28.2. The van der Waals surface area contributed by atoms with E-state index in [0.717, 1.165) is 68.5 Å². The average molecular weight is 696 g/mol. The molecule has 2 fully saturated rings. The number of ether oxygens (including phenoxy) is 3. The van der Waals surface area contributed by atoms with Gasteiger partial charge in [0.25, 0.3) is 5.91 Å². The van der Waals surface area contributed by atoms with Gasteiger partial charge in [-0.25, -0.2) is 4.98 Å². The van der Waals surface area contributed by atoms with Crippen molar-refractivity contribution in [2.45, 2.75) is 0 Å². The fourth-order valence-electron chi connectivity index (χ4n) is 5.02. The normalized spacial score (nSPS) is 14.3. The fraction of sp³-hybridized carbons (Fsp3) is 0.400. The molecule has 0 bridgehead atoms. The van der Waals surface area contributed by atoms with Crippen molar-refractivity contribution in [3.05, 3.63) is 66.4 Å². The van der Waals surface area contributed by atoms with Gasteiger partial charge in [0, 0.05) is 70.2 Å². The first-order valence-corrected chi connectivity index (χ1v) is 13.5. The van der Waals surface area contributed by atoms with E-state index in [1.54, 1.807) is 20.3 Å². The minimum absolute atomic E-state index is 0. The number of nitrogens with zero attached hydrogens (tertiary/aromatic N) is 4. The van der Waals surface area contributed by atoms with E-state index in [2.05, 4.69) is 32.2 Å². The Morgan fingerprint density at radius 1 is 0.818 bits per heavy atom. The Bertz CT molecular complexity index is 1260. The van der Waals surface area contributed by atoms with Crippen LogP contribution in [0.15, 0.2) is 60.7 Å². The van der Waals surface area contributed by atoms with Gasteiger partial charge >= 0.3 is 0 Å². The van der Waals surface area contributed by atoms with Crippen LogP contribution in [0, 0.1) is 0 Å². The highest BCUT2D eigenvalue weighted by molar-refractivity contribution is 5.93. The maximum absolute atomic E-state index is 13.3. The number of rotatable bonds is 9. The molecule has 2 aliphatic rings. The van der Waals surface area contributed by atoms with Gasteiger partial charge in [0.1, 0.15) is 18.1 Å². The maximum atomic E-state index is 13.3. The van der Waals surface area contributed by atoms with Crippen molar-refractivity contribution in [1.82, 2.24) is 20.1 Å². The van der Waals surface area contributed by atoms with Gasteiger partial charge in [-0.1, -0.05) is 6.07 Å². The molecule has 2 aliphatic heterocycles. The summed E-state index contributed by atoms with van der Waals surface area (Å²) in [6, 6.07) is 19.5. The largest absolute Gasteiger partial charge is 0.493 e. The molecule has 14 heteroatoms. The Hall–Kier alpha value is -2.70. The molecule has 3 N–H and O–H groups in total. The molecule has 0 spiro atoms. The van der Waals surface area contributed by atoms with Crippen LogP contribution >= 0.6 is 49.6 Å². The van der Waals surface area contributed by atoms with Crippen LogP contribution in [0.2, 0.25) is 0 Å². The number of pyridine rings is 1. The van der Waals surface area contributed by atoms with Crippen molar-refractivity contribution in [3.8, 4) is 28.5 Å². The Morgan fingerprint density at radius 3 is 2.11 bits per heavy atom. The first-order chi connectivity index (χ1) is 19.1. The molecule has 2 saturated heterocycles. The number of carbonyl (C=O) groups is 1. The minimum atomic E-state index is -0.0507. The van der Waals surface area contributed by atoms with Gasteiger partial charge in [0.2, 0.25) is 0 Å². The number of halogens is 4. The molecule has 44 heavy (non-hydrogen) atoms. The van der Waals surface area contributed by atoms with Crippen LogP contribution in [0.1, 0.15) is 10.5 Å². The van der Waals surface area contributed by atoms with Gasteiger partial charge in [0.05, 0.1) is 19.9 Å². The average Bonchev–Trinajstić information content (AvgIpc) is 3.01. The zero-order chi connectivity index (χ0) is 27.0. The summed E-state index contributed by atoms with van der Waals surface area (Å²) in [5.41, 5.74) is 3.17. The van der Waals surface area contributed by atoms with Crippen LogP contribution < -0.4 is 24.4 Å². The highest BCUT2D eigenvalue weighted by Crippen LogP contribution is 2.31. The quantitative estimate of drug-likeness (QED) is 0.360. The first kappa shape index (κ1) is 41.3. The molecule has 0 radical (unpaired) electrons. The molecule has 2 aromatic carbocycles. The fourth-order valence-corrected chi connectivity index (χ4v) is 5.02. The highest BCUT2D eigenvalue weighted by Gasteiger charge is 2.23. The number of hydrogen-bond donors (Lipinski definition) is 1. The van der Waals surface area contributed by atoms with E-state index in [4.69, 9.17) is 14.2 Å². The molecule has 5 rings (SSSR count). The van der Waals surface area contributed by atoms with Crippen molar-refractivity contribution < 1.29 is 24.5 Å². The molecular weight excluding hydrogens is 652 g/mol. The summed E-state index contributed by atoms with van der Waals surface area (Å²) in [6.45, 7) is 8.73. The Kier molecular flexibility index (Phi) is 19.1. The van der Waals surface area contributed by atoms with E-state index in [9.17, 15) is 4.79 Å². The van der Waals surface area contributed by atoms with Crippen LogP contribution in [0.4, 0.5) is 5.69 Å². The number of carbonyl (C=O) groups excluding carboxylic acids is 1. The van der Waals surface area contributed by atoms with E-state index in [-0.39, 0.29) is 61.0 Å². The summed E-state index contributed by atoms with van der Waals surface area (Å²) >= 11 is 0. The van der Waals surface area contributed by atoms with Crippen LogP contribution in [0.3, 0.4) is 0 Å². The van der Waals surface area contributed by atoms with Gasteiger partial charge in [0.15, 0.2) is 11.5 Å². The van der Waals surface area contributed by atoms with Crippen LogP contribution in [0.5, 0.6) is 17.2 Å². The molecule has 246 valence electrons. The van der Waals surface area contributed by atoms with Gasteiger partial charge in [-0.2, -0.15) is 0 Å². The Morgan fingerprint density at radius 2 is 1.48 bits per heavy atom. The summed E-state index contributed by atoms with van der Waals surface area (Å²) in [5.74, 6) is 2.12. The number of amides is 1. The summed E-state index contributed by atoms with van der Waals surface area (Å²) < 4.78 is 16.7. The molecular formula is C30H43Cl4N5O5. The lowest BCUT2D eigenvalue weighted by Crippen LogP contribution is -2.49. The van der Waals surface area contributed by atoms with Crippen molar-refractivity contribution in [1.29, 1.82) is 0 Å². The topological polar surface area (TPSA) is 111 Å². The third-order valence-corrected chi connectivity index (χ3v) is 7.30. The van der Waals surface area contributed by atoms with E-state index in [1.807, 2.05) is 47.4 Å². The summed E-state index contributed by atoms with van der Waals surface area (Å²) in [6.07, 6.45) is 0. The molecule has 0 atom stereocenters. The zero-order valence-electron chi connectivity index (χ0n) is 24.9. The van der Waals surface area contributed by atoms with Gasteiger partial charge in [-0.15, -0.1) is 49.6 Å². The number of anilines is 1. The molecule has 1 aromatic heterocycles. The second-order valence-corrected chi connectivity index (χ2v) is 9.69. The molecule has 10 nitrogen and oxygen atoms in total. The number of nitrogens with one attached hydrogen (secondary N) is 1. The molecule has 0 unspecified atom stereocenters. The van der Waals surface area contributed by atoms with Crippen LogP contribution in [0.25, 0.3) is 11.3 Å². The standard InChI is InChI=1S/C30H37N5O4.4ClH.H2O/c1-37-28-11-6-23(22-29(28)38-2)26-4-3-5-27(32-26)30(36)35-18-16-34(17-19-35)24-7-9-25(10-8-24)39-21-20-33-14-12-31-13-15-33;;;;;/h3-11,22,31H,12-21H2,1-2H3;4*1H;1H2.